The quantitative estimate of drug-likeness (QED) is 0.420. The maximum absolute atomic E-state index is 14.2. The minimum atomic E-state index is -0.765. The molecule has 2 unspecified atom stereocenters. The highest BCUT2D eigenvalue weighted by molar-refractivity contribution is 7.98. The van der Waals surface area contributed by atoms with Gasteiger partial charge in [-0.2, -0.15) is 11.8 Å². The zero-order chi connectivity index (χ0) is 27.2. The number of amides is 3. The van der Waals surface area contributed by atoms with Crippen LogP contribution >= 0.6 is 11.8 Å². The van der Waals surface area contributed by atoms with E-state index in [1.807, 2.05) is 32.2 Å². The topological polar surface area (TPSA) is 87.7 Å². The summed E-state index contributed by atoms with van der Waals surface area (Å²) < 4.78 is 5.47. The third-order valence-corrected chi connectivity index (χ3v) is 7.48. The van der Waals surface area contributed by atoms with E-state index in [2.05, 4.69) is 16.7 Å². The summed E-state index contributed by atoms with van der Waals surface area (Å²) in [5.41, 5.74) is 2.26. The molecule has 206 valence electrons. The van der Waals surface area contributed by atoms with E-state index >= 15 is 0 Å². The van der Waals surface area contributed by atoms with Crippen LogP contribution in [0.5, 0.6) is 0 Å². The molecule has 1 aromatic rings. The first-order valence-electron chi connectivity index (χ1n) is 13.7. The first-order chi connectivity index (χ1) is 17.5. The van der Waals surface area contributed by atoms with E-state index in [0.717, 1.165) is 55.2 Å². The lowest BCUT2D eigenvalue weighted by atomic mass is 9.94. The molecule has 37 heavy (non-hydrogen) atoms. The SMILES string of the molecule is CSCCC(NC(=O)OC(C)(C)C)C(=O)N(C1CC1)C(C(=O)NC1CCCCC1)c1cc(C)cc(C)c1. The van der Waals surface area contributed by atoms with Crippen LogP contribution in [0.2, 0.25) is 0 Å². The van der Waals surface area contributed by atoms with E-state index in [-0.39, 0.29) is 23.9 Å². The summed E-state index contributed by atoms with van der Waals surface area (Å²) in [6, 6.07) is 4.72. The van der Waals surface area contributed by atoms with Crippen molar-refractivity contribution in [3.05, 3.63) is 34.9 Å². The lowest BCUT2D eigenvalue weighted by molar-refractivity contribution is -0.143. The Labute approximate surface area is 226 Å². The van der Waals surface area contributed by atoms with Gasteiger partial charge >= 0.3 is 6.09 Å². The number of nitrogens with zero attached hydrogens (tertiary/aromatic N) is 1. The van der Waals surface area contributed by atoms with Crippen molar-refractivity contribution in [3.63, 3.8) is 0 Å². The Morgan fingerprint density at radius 3 is 2.19 bits per heavy atom. The highest BCUT2D eigenvalue weighted by Gasteiger charge is 2.44. The van der Waals surface area contributed by atoms with Gasteiger partial charge in [-0.25, -0.2) is 4.79 Å². The summed E-state index contributed by atoms with van der Waals surface area (Å²) in [5, 5.41) is 6.10. The average molecular weight is 532 g/mol. The second kappa shape index (κ2) is 13.0. The molecular weight excluding hydrogens is 486 g/mol. The van der Waals surface area contributed by atoms with Gasteiger partial charge in [-0.15, -0.1) is 0 Å². The molecule has 3 rings (SSSR count). The van der Waals surface area contributed by atoms with E-state index in [4.69, 9.17) is 4.74 Å². The standard InChI is InChI=1S/C29H45N3O4S/c1-19-16-20(2)18-21(17-19)25(26(33)30-22-10-8-7-9-11-22)32(23-12-13-23)27(34)24(14-15-37-6)31-28(35)36-29(3,4)5/h16-18,22-25H,7-15H2,1-6H3,(H,30,33)(H,31,35). The fourth-order valence-corrected chi connectivity index (χ4v) is 5.60. The zero-order valence-electron chi connectivity index (χ0n) is 23.4. The molecule has 1 aromatic carbocycles. The third kappa shape index (κ3) is 8.94. The monoisotopic (exact) mass is 531 g/mol. The van der Waals surface area contributed by atoms with E-state index in [0.29, 0.717) is 12.2 Å². The number of alkyl carbamates (subject to hydrolysis) is 1. The Kier molecular flexibility index (Phi) is 10.3. The molecule has 8 heteroatoms. The first kappa shape index (κ1) is 29.3. The van der Waals surface area contributed by atoms with Crippen LogP contribution in [-0.2, 0) is 14.3 Å². The molecule has 0 heterocycles. The molecule has 2 aliphatic rings. The van der Waals surface area contributed by atoms with Crippen LogP contribution in [0.3, 0.4) is 0 Å². The number of rotatable bonds is 10. The Hall–Kier alpha value is -2.22. The first-order valence-corrected chi connectivity index (χ1v) is 15.1. The van der Waals surface area contributed by atoms with Crippen LogP contribution in [0.25, 0.3) is 0 Å². The molecule has 0 aliphatic heterocycles. The number of benzene rings is 1. The molecule has 2 N–H and O–H groups in total. The predicted octanol–water partition coefficient (Wildman–Crippen LogP) is 5.43. The van der Waals surface area contributed by atoms with Gasteiger partial charge in [0.25, 0.3) is 0 Å². The molecular formula is C29H45N3O4S. The van der Waals surface area contributed by atoms with Crippen molar-refractivity contribution in [3.8, 4) is 0 Å². The normalized spacial score (nSPS) is 18.0. The van der Waals surface area contributed by atoms with Crippen LogP contribution in [0.4, 0.5) is 4.79 Å². The summed E-state index contributed by atoms with van der Waals surface area (Å²) in [7, 11) is 0. The van der Waals surface area contributed by atoms with Crippen molar-refractivity contribution in [1.82, 2.24) is 15.5 Å². The van der Waals surface area contributed by atoms with Gasteiger partial charge in [-0.05, 0) is 84.3 Å². The van der Waals surface area contributed by atoms with Crippen molar-refractivity contribution in [2.45, 2.75) is 116 Å². The van der Waals surface area contributed by atoms with Gasteiger partial charge in [0.05, 0.1) is 0 Å². The summed E-state index contributed by atoms with van der Waals surface area (Å²) >= 11 is 1.62. The maximum Gasteiger partial charge on any atom is 0.408 e. The number of aryl methyl sites for hydroxylation is 2. The fourth-order valence-electron chi connectivity index (χ4n) is 5.13. The minimum Gasteiger partial charge on any atom is -0.444 e. The van der Waals surface area contributed by atoms with Crippen LogP contribution in [0.15, 0.2) is 18.2 Å². The number of thioether (sulfide) groups is 1. The Morgan fingerprint density at radius 1 is 1.03 bits per heavy atom. The smallest absolute Gasteiger partial charge is 0.408 e. The summed E-state index contributed by atoms with van der Waals surface area (Å²) in [5.74, 6) is 0.358. The van der Waals surface area contributed by atoms with Gasteiger partial charge in [0.2, 0.25) is 11.8 Å². The molecule has 0 aromatic heterocycles. The van der Waals surface area contributed by atoms with E-state index < -0.39 is 23.8 Å². The minimum absolute atomic E-state index is 0.0207. The van der Waals surface area contributed by atoms with E-state index in [1.54, 1.807) is 37.4 Å². The molecule has 0 radical (unpaired) electrons. The molecule has 2 fully saturated rings. The van der Waals surface area contributed by atoms with Crippen molar-refractivity contribution < 1.29 is 19.1 Å². The number of nitrogens with one attached hydrogen (secondary N) is 2. The lowest BCUT2D eigenvalue weighted by Gasteiger charge is -2.36. The van der Waals surface area contributed by atoms with Crippen molar-refractivity contribution in [1.29, 1.82) is 0 Å². The Morgan fingerprint density at radius 2 is 1.65 bits per heavy atom. The largest absolute Gasteiger partial charge is 0.444 e. The van der Waals surface area contributed by atoms with Crippen LogP contribution in [0, 0.1) is 13.8 Å². The third-order valence-electron chi connectivity index (χ3n) is 6.83. The van der Waals surface area contributed by atoms with Gasteiger partial charge < -0.3 is 20.3 Å². The van der Waals surface area contributed by atoms with Gasteiger partial charge in [0.1, 0.15) is 17.7 Å². The Balaban J connectivity index is 1.94. The van der Waals surface area contributed by atoms with Gasteiger partial charge in [-0.3, -0.25) is 9.59 Å². The molecule has 0 spiro atoms. The molecule has 7 nitrogen and oxygen atoms in total. The van der Waals surface area contributed by atoms with Crippen molar-refractivity contribution in [2.24, 2.45) is 0 Å². The summed E-state index contributed by atoms with van der Waals surface area (Å²) in [6.07, 6.45) is 8.90. The zero-order valence-corrected chi connectivity index (χ0v) is 24.2. The van der Waals surface area contributed by atoms with Crippen molar-refractivity contribution in [2.75, 3.05) is 12.0 Å². The molecule has 3 amide bonds. The number of carbonyl (C=O) groups excluding carboxylic acids is 3. The van der Waals surface area contributed by atoms with Crippen LogP contribution < -0.4 is 10.6 Å². The predicted molar refractivity (Wildman–Crippen MR) is 150 cm³/mol. The number of ether oxygens (including phenoxy) is 1. The molecule has 2 atom stereocenters. The molecule has 2 aliphatic carbocycles. The lowest BCUT2D eigenvalue weighted by Crippen LogP contribution is -2.54. The van der Waals surface area contributed by atoms with Gasteiger partial charge in [-0.1, -0.05) is 48.6 Å². The van der Waals surface area contributed by atoms with Gasteiger partial charge in [0, 0.05) is 12.1 Å². The fraction of sp³-hybridized carbons (Fsp3) is 0.690. The highest BCUT2D eigenvalue weighted by Crippen LogP contribution is 2.37. The number of hydrogen-bond donors (Lipinski definition) is 2. The van der Waals surface area contributed by atoms with Crippen molar-refractivity contribution >= 4 is 29.7 Å². The maximum atomic E-state index is 14.2. The van der Waals surface area contributed by atoms with Crippen LogP contribution in [0.1, 0.15) is 94.9 Å². The number of carbonyl (C=O) groups is 3. The second-order valence-corrected chi connectivity index (χ2v) is 12.6. The Bertz CT molecular complexity index is 931. The molecule has 0 bridgehead atoms. The molecule has 0 saturated heterocycles. The summed E-state index contributed by atoms with van der Waals surface area (Å²) in [4.78, 5) is 42.6. The van der Waals surface area contributed by atoms with Gasteiger partial charge in [0.15, 0.2) is 0 Å². The van der Waals surface area contributed by atoms with E-state index in [9.17, 15) is 14.4 Å². The second-order valence-electron chi connectivity index (χ2n) is 11.6. The average Bonchev–Trinajstić information content (AvgIpc) is 3.63. The summed E-state index contributed by atoms with van der Waals surface area (Å²) in [6.45, 7) is 9.43. The molecule has 2 saturated carbocycles. The van der Waals surface area contributed by atoms with E-state index in [1.165, 1.54) is 6.42 Å². The number of hydrogen-bond acceptors (Lipinski definition) is 5. The highest BCUT2D eigenvalue weighted by atomic mass is 32.2. The van der Waals surface area contributed by atoms with Crippen LogP contribution in [-0.4, -0.2) is 58.5 Å².